The van der Waals surface area contributed by atoms with E-state index in [1.807, 2.05) is 0 Å². The molecule has 1 aliphatic heterocycles. The lowest BCUT2D eigenvalue weighted by Crippen LogP contribution is -2.39. The molecule has 1 aromatic carbocycles. The molecular weight excluding hydrogens is 318 g/mol. The fourth-order valence-corrected chi connectivity index (χ4v) is 4.34. The molecule has 128 valence electrons. The van der Waals surface area contributed by atoms with Crippen LogP contribution in [0.3, 0.4) is 0 Å². The molecule has 1 atom stereocenters. The largest absolute Gasteiger partial charge is 0.482 e. The molecule has 0 radical (unpaired) electrons. The highest BCUT2D eigenvalue weighted by atomic mass is 32.2. The van der Waals surface area contributed by atoms with Crippen LogP contribution in [0.2, 0.25) is 0 Å². The van der Waals surface area contributed by atoms with Crippen molar-refractivity contribution in [2.45, 2.75) is 31.6 Å². The van der Waals surface area contributed by atoms with E-state index in [1.54, 1.807) is 23.4 Å². The van der Waals surface area contributed by atoms with Crippen LogP contribution in [0.5, 0.6) is 5.75 Å². The lowest BCUT2D eigenvalue weighted by atomic mass is 10.0. The number of rotatable bonds is 5. The van der Waals surface area contributed by atoms with Gasteiger partial charge in [0.15, 0.2) is 6.61 Å². The minimum absolute atomic E-state index is 0.201. The summed E-state index contributed by atoms with van der Waals surface area (Å²) in [6, 6.07) is 4.69. The van der Waals surface area contributed by atoms with E-state index in [0.29, 0.717) is 30.3 Å². The smallest absolute Gasteiger partial charge is 0.343 e. The first-order chi connectivity index (χ1) is 10.8. The summed E-state index contributed by atoms with van der Waals surface area (Å²) in [7, 11) is -2.20. The lowest BCUT2D eigenvalue weighted by molar-refractivity contribution is -0.142. The van der Waals surface area contributed by atoms with Gasteiger partial charge in [0, 0.05) is 13.1 Å². The van der Waals surface area contributed by atoms with Crippen LogP contribution in [0.25, 0.3) is 0 Å². The molecule has 0 aromatic heterocycles. The second kappa shape index (κ2) is 7.31. The van der Waals surface area contributed by atoms with Gasteiger partial charge in [0.25, 0.3) is 0 Å². The number of ether oxygens (including phenoxy) is 2. The lowest BCUT2D eigenvalue weighted by Gasteiger charge is -2.30. The van der Waals surface area contributed by atoms with Crippen molar-refractivity contribution < 1.29 is 22.7 Å². The monoisotopic (exact) mass is 341 g/mol. The molecule has 0 unspecified atom stereocenters. The molecule has 1 aromatic rings. The van der Waals surface area contributed by atoms with Crippen molar-refractivity contribution in [3.8, 4) is 5.75 Å². The molecule has 1 aliphatic rings. The first-order valence-corrected chi connectivity index (χ1v) is 9.09. The van der Waals surface area contributed by atoms with Crippen LogP contribution in [0.4, 0.5) is 0 Å². The van der Waals surface area contributed by atoms with Crippen molar-refractivity contribution >= 4 is 16.0 Å². The molecule has 1 fully saturated rings. The van der Waals surface area contributed by atoms with Gasteiger partial charge >= 0.3 is 5.97 Å². The highest BCUT2D eigenvalue weighted by Crippen LogP contribution is 2.27. The molecule has 0 N–H and O–H groups in total. The maximum absolute atomic E-state index is 12.7. The van der Waals surface area contributed by atoms with E-state index >= 15 is 0 Å². The predicted octanol–water partition coefficient (Wildman–Crippen LogP) is 1.97. The van der Waals surface area contributed by atoms with Gasteiger partial charge in [-0.3, -0.25) is 0 Å². The first kappa shape index (κ1) is 17.7. The van der Waals surface area contributed by atoms with Crippen molar-refractivity contribution in [2.75, 3.05) is 26.8 Å². The van der Waals surface area contributed by atoms with Gasteiger partial charge in [0.1, 0.15) is 5.75 Å². The van der Waals surface area contributed by atoms with Crippen molar-refractivity contribution in [1.29, 1.82) is 0 Å². The van der Waals surface area contributed by atoms with E-state index in [2.05, 4.69) is 11.7 Å². The van der Waals surface area contributed by atoms with Crippen LogP contribution in [-0.4, -0.2) is 45.5 Å². The Labute approximate surface area is 137 Å². The van der Waals surface area contributed by atoms with Gasteiger partial charge in [-0.2, -0.15) is 4.31 Å². The highest BCUT2D eigenvalue weighted by molar-refractivity contribution is 7.89. The number of carbonyl (C=O) groups is 1. The molecule has 2 rings (SSSR count). The van der Waals surface area contributed by atoms with Gasteiger partial charge in [0.2, 0.25) is 10.0 Å². The summed E-state index contributed by atoms with van der Waals surface area (Å²) >= 11 is 0. The van der Waals surface area contributed by atoms with Crippen molar-refractivity contribution in [3.63, 3.8) is 0 Å². The SMILES string of the molecule is COC(=O)COc1ccc(S(=O)(=O)N2CCC[C@@H](C)C2)cc1C. The minimum atomic E-state index is -3.48. The third-order valence-corrected chi connectivity index (χ3v) is 5.84. The van der Waals surface area contributed by atoms with E-state index in [-0.39, 0.29) is 11.5 Å². The van der Waals surface area contributed by atoms with E-state index in [0.717, 1.165) is 12.8 Å². The second-order valence-corrected chi connectivity index (χ2v) is 7.84. The molecule has 6 nitrogen and oxygen atoms in total. The van der Waals surface area contributed by atoms with Crippen molar-refractivity contribution in [3.05, 3.63) is 23.8 Å². The Kier molecular flexibility index (Phi) is 5.64. The third kappa shape index (κ3) is 4.23. The number of benzene rings is 1. The number of methoxy groups -OCH3 is 1. The van der Waals surface area contributed by atoms with E-state index in [1.165, 1.54) is 13.2 Å². The predicted molar refractivity (Wildman–Crippen MR) is 85.8 cm³/mol. The van der Waals surface area contributed by atoms with Crippen LogP contribution in [0, 0.1) is 12.8 Å². The van der Waals surface area contributed by atoms with Gasteiger partial charge in [0.05, 0.1) is 12.0 Å². The number of piperidine rings is 1. The number of sulfonamides is 1. The summed E-state index contributed by atoms with van der Waals surface area (Å²) in [4.78, 5) is 11.4. The van der Waals surface area contributed by atoms with Crippen LogP contribution in [0.1, 0.15) is 25.3 Å². The summed E-state index contributed by atoms with van der Waals surface area (Å²) in [5, 5.41) is 0. The number of aryl methyl sites for hydroxylation is 1. The van der Waals surface area contributed by atoms with Gasteiger partial charge in [-0.1, -0.05) is 6.92 Å². The average Bonchev–Trinajstić information content (AvgIpc) is 2.53. The van der Waals surface area contributed by atoms with Crippen LogP contribution in [-0.2, 0) is 19.6 Å². The maximum Gasteiger partial charge on any atom is 0.343 e. The maximum atomic E-state index is 12.7. The molecule has 0 saturated carbocycles. The summed E-state index contributed by atoms with van der Waals surface area (Å²) < 4.78 is 36.8. The zero-order valence-corrected chi connectivity index (χ0v) is 14.6. The first-order valence-electron chi connectivity index (χ1n) is 7.65. The summed E-state index contributed by atoms with van der Waals surface area (Å²) in [5.41, 5.74) is 0.667. The Balaban J connectivity index is 2.17. The molecular formula is C16H23NO5S. The average molecular weight is 341 g/mol. The number of esters is 1. The van der Waals surface area contributed by atoms with Crippen LogP contribution in [0.15, 0.2) is 23.1 Å². The van der Waals surface area contributed by atoms with Crippen molar-refractivity contribution in [2.24, 2.45) is 5.92 Å². The Morgan fingerprint density at radius 2 is 2.13 bits per heavy atom. The molecule has 23 heavy (non-hydrogen) atoms. The highest BCUT2D eigenvalue weighted by Gasteiger charge is 2.28. The van der Waals surface area contributed by atoms with Crippen LogP contribution < -0.4 is 4.74 Å². The molecule has 0 aliphatic carbocycles. The number of hydrogen-bond donors (Lipinski definition) is 0. The zero-order valence-electron chi connectivity index (χ0n) is 13.7. The minimum Gasteiger partial charge on any atom is -0.482 e. The van der Waals surface area contributed by atoms with E-state index in [4.69, 9.17) is 4.74 Å². The second-order valence-electron chi connectivity index (χ2n) is 5.90. The van der Waals surface area contributed by atoms with E-state index in [9.17, 15) is 13.2 Å². The van der Waals surface area contributed by atoms with Crippen LogP contribution >= 0.6 is 0 Å². The Hall–Kier alpha value is -1.60. The van der Waals surface area contributed by atoms with E-state index < -0.39 is 16.0 Å². The Morgan fingerprint density at radius 3 is 2.74 bits per heavy atom. The quantitative estimate of drug-likeness (QED) is 0.766. The number of nitrogens with zero attached hydrogens (tertiary/aromatic N) is 1. The molecule has 1 saturated heterocycles. The number of hydrogen-bond acceptors (Lipinski definition) is 5. The number of carbonyl (C=O) groups excluding carboxylic acids is 1. The fraction of sp³-hybridized carbons (Fsp3) is 0.562. The van der Waals surface area contributed by atoms with Gasteiger partial charge in [-0.25, -0.2) is 13.2 Å². The summed E-state index contributed by atoms with van der Waals surface area (Å²) in [6.45, 7) is 4.74. The van der Waals surface area contributed by atoms with Gasteiger partial charge in [-0.15, -0.1) is 0 Å². The molecule has 0 amide bonds. The molecule has 0 spiro atoms. The third-order valence-electron chi connectivity index (χ3n) is 3.98. The van der Waals surface area contributed by atoms with Gasteiger partial charge < -0.3 is 9.47 Å². The fourth-order valence-electron chi connectivity index (χ4n) is 2.65. The Bertz CT molecular complexity index is 671. The van der Waals surface area contributed by atoms with Gasteiger partial charge in [-0.05, 0) is 49.4 Å². The molecule has 7 heteroatoms. The topological polar surface area (TPSA) is 72.9 Å². The zero-order chi connectivity index (χ0) is 17.0. The summed E-state index contributed by atoms with van der Waals surface area (Å²) in [5.74, 6) is 0.368. The molecule has 1 heterocycles. The van der Waals surface area contributed by atoms with Crippen molar-refractivity contribution in [1.82, 2.24) is 4.31 Å². The normalized spacial score (nSPS) is 19.3. The summed E-state index contributed by atoms with van der Waals surface area (Å²) in [6.07, 6.45) is 1.95. The Morgan fingerprint density at radius 1 is 1.39 bits per heavy atom. The standard InChI is InChI=1S/C16H23NO5S/c1-12-5-4-8-17(10-12)23(19,20)14-6-7-15(13(2)9-14)22-11-16(18)21-3/h6-7,9,12H,4-5,8,10-11H2,1-3H3/t12-/m1/s1. The molecule has 0 bridgehead atoms.